The maximum Gasteiger partial charge on any atom is 0.243 e. The highest BCUT2D eigenvalue weighted by atomic mass is 16.5. The Morgan fingerprint density at radius 3 is 3.00 bits per heavy atom. The van der Waals surface area contributed by atoms with Gasteiger partial charge in [-0.25, -0.2) is 9.97 Å². The van der Waals surface area contributed by atoms with Crippen molar-refractivity contribution in [3.8, 4) is 5.88 Å². The van der Waals surface area contributed by atoms with Crippen LogP contribution >= 0.6 is 0 Å². The molecule has 0 aliphatic rings. The van der Waals surface area contributed by atoms with Crippen molar-refractivity contribution in [3.63, 3.8) is 0 Å². The lowest BCUT2D eigenvalue weighted by molar-refractivity contribution is -0.116. The lowest BCUT2D eigenvalue weighted by atomic mass is 10.1. The molecule has 0 bridgehead atoms. The van der Waals surface area contributed by atoms with Crippen LogP contribution in [-0.4, -0.2) is 34.0 Å². The van der Waals surface area contributed by atoms with Gasteiger partial charge in [-0.3, -0.25) is 4.79 Å². The van der Waals surface area contributed by atoms with Crippen molar-refractivity contribution in [2.24, 2.45) is 0 Å². The van der Waals surface area contributed by atoms with Crippen molar-refractivity contribution in [3.05, 3.63) is 30.2 Å². The Bertz CT molecular complexity index is 631. The molecular weight excluding hydrogens is 256 g/mol. The number of aromatic nitrogens is 3. The van der Waals surface area contributed by atoms with E-state index in [1.165, 1.54) is 12.4 Å². The summed E-state index contributed by atoms with van der Waals surface area (Å²) in [6.45, 7) is 3.90. The minimum atomic E-state index is -0.125. The molecule has 0 aliphatic heterocycles. The Labute approximate surface area is 117 Å². The van der Waals surface area contributed by atoms with Crippen LogP contribution in [-0.2, 0) is 11.2 Å². The Kier molecular flexibility index (Phi) is 4.34. The standard InChI is InChI=1S/C14H18N4O2/c1-9(2)20-14-12-10(5-4-6-11(19)15-3)7-16-13(12)17-8-18-14/h4,6-9H,5H2,1-3H3,(H,15,19)(H,16,17,18)/b6-4+. The molecule has 0 aromatic carbocycles. The lowest BCUT2D eigenvalue weighted by Gasteiger charge is -2.09. The van der Waals surface area contributed by atoms with E-state index in [1.54, 1.807) is 13.1 Å². The molecule has 0 atom stereocenters. The molecule has 0 radical (unpaired) electrons. The summed E-state index contributed by atoms with van der Waals surface area (Å²) in [6.07, 6.45) is 7.29. The molecule has 0 saturated carbocycles. The van der Waals surface area contributed by atoms with E-state index in [9.17, 15) is 4.79 Å². The summed E-state index contributed by atoms with van der Waals surface area (Å²) < 4.78 is 5.70. The fourth-order valence-electron chi connectivity index (χ4n) is 1.85. The van der Waals surface area contributed by atoms with Gasteiger partial charge in [-0.2, -0.15) is 0 Å². The average Bonchev–Trinajstić information content (AvgIpc) is 2.82. The van der Waals surface area contributed by atoms with Gasteiger partial charge in [0, 0.05) is 13.2 Å². The van der Waals surface area contributed by atoms with E-state index in [2.05, 4.69) is 20.3 Å². The second-order valence-corrected chi connectivity index (χ2v) is 4.60. The monoisotopic (exact) mass is 274 g/mol. The largest absolute Gasteiger partial charge is 0.474 e. The normalized spacial score (nSPS) is 11.4. The number of H-pyrrole nitrogens is 1. The van der Waals surface area contributed by atoms with Crippen LogP contribution in [0.5, 0.6) is 5.88 Å². The number of likely N-dealkylation sites (N-methyl/N-ethyl adjacent to an activating group) is 1. The van der Waals surface area contributed by atoms with Crippen LogP contribution in [0.3, 0.4) is 0 Å². The summed E-state index contributed by atoms with van der Waals surface area (Å²) in [5, 5.41) is 3.40. The number of carbonyl (C=O) groups excluding carboxylic acids is 1. The average molecular weight is 274 g/mol. The van der Waals surface area contributed by atoms with Gasteiger partial charge >= 0.3 is 0 Å². The molecule has 0 saturated heterocycles. The van der Waals surface area contributed by atoms with Crippen LogP contribution in [0.1, 0.15) is 19.4 Å². The van der Waals surface area contributed by atoms with Crippen LogP contribution in [0.25, 0.3) is 11.0 Å². The number of fused-ring (bicyclic) bond motifs is 1. The third kappa shape index (κ3) is 3.14. The van der Waals surface area contributed by atoms with Gasteiger partial charge in [0.05, 0.1) is 11.5 Å². The van der Waals surface area contributed by atoms with Crippen molar-refractivity contribution in [2.45, 2.75) is 26.4 Å². The first kappa shape index (κ1) is 14.0. The van der Waals surface area contributed by atoms with E-state index in [4.69, 9.17) is 4.74 Å². The summed E-state index contributed by atoms with van der Waals surface area (Å²) >= 11 is 0. The molecule has 2 N–H and O–H groups in total. The van der Waals surface area contributed by atoms with E-state index in [0.29, 0.717) is 12.3 Å². The number of rotatable bonds is 5. The summed E-state index contributed by atoms with van der Waals surface area (Å²) in [5.41, 5.74) is 1.73. The first-order valence-electron chi connectivity index (χ1n) is 6.47. The highest BCUT2D eigenvalue weighted by Crippen LogP contribution is 2.26. The predicted molar refractivity (Wildman–Crippen MR) is 76.6 cm³/mol. The Morgan fingerprint density at radius 2 is 2.30 bits per heavy atom. The van der Waals surface area contributed by atoms with Crippen LogP contribution in [0.2, 0.25) is 0 Å². The zero-order valence-corrected chi connectivity index (χ0v) is 11.8. The summed E-state index contributed by atoms with van der Waals surface area (Å²) in [6, 6.07) is 0. The van der Waals surface area contributed by atoms with Gasteiger partial charge in [0.1, 0.15) is 12.0 Å². The van der Waals surface area contributed by atoms with Crippen molar-refractivity contribution in [2.75, 3.05) is 7.05 Å². The van der Waals surface area contributed by atoms with Gasteiger partial charge in [-0.15, -0.1) is 0 Å². The van der Waals surface area contributed by atoms with Gasteiger partial charge in [0.25, 0.3) is 0 Å². The van der Waals surface area contributed by atoms with E-state index in [1.807, 2.05) is 20.0 Å². The first-order valence-corrected chi connectivity index (χ1v) is 6.47. The molecule has 6 heteroatoms. The minimum Gasteiger partial charge on any atom is -0.474 e. The number of hydrogen-bond donors (Lipinski definition) is 2. The Hall–Kier alpha value is -2.37. The van der Waals surface area contributed by atoms with Crippen molar-refractivity contribution in [1.29, 1.82) is 0 Å². The second-order valence-electron chi connectivity index (χ2n) is 4.60. The second kappa shape index (κ2) is 6.18. The number of hydrogen-bond acceptors (Lipinski definition) is 4. The van der Waals surface area contributed by atoms with Crippen molar-refractivity contribution < 1.29 is 9.53 Å². The quantitative estimate of drug-likeness (QED) is 0.811. The third-order valence-corrected chi connectivity index (χ3v) is 2.72. The van der Waals surface area contributed by atoms with Crippen LogP contribution in [0.4, 0.5) is 0 Å². The van der Waals surface area contributed by atoms with Crippen molar-refractivity contribution in [1.82, 2.24) is 20.3 Å². The van der Waals surface area contributed by atoms with E-state index >= 15 is 0 Å². The molecule has 0 spiro atoms. The molecule has 2 rings (SSSR count). The van der Waals surface area contributed by atoms with E-state index in [-0.39, 0.29) is 12.0 Å². The smallest absolute Gasteiger partial charge is 0.243 e. The molecule has 0 fully saturated rings. The molecule has 106 valence electrons. The molecule has 0 unspecified atom stereocenters. The zero-order valence-electron chi connectivity index (χ0n) is 11.8. The number of nitrogens with one attached hydrogen (secondary N) is 2. The molecule has 2 aromatic rings. The van der Waals surface area contributed by atoms with Crippen LogP contribution in [0, 0.1) is 0 Å². The molecule has 0 aliphatic carbocycles. The number of amides is 1. The number of ether oxygens (including phenoxy) is 1. The van der Waals surface area contributed by atoms with Gasteiger partial charge < -0.3 is 15.0 Å². The predicted octanol–water partition coefficient (Wildman–Crippen LogP) is 1.59. The maximum atomic E-state index is 11.2. The third-order valence-electron chi connectivity index (χ3n) is 2.72. The fourth-order valence-corrected chi connectivity index (χ4v) is 1.85. The van der Waals surface area contributed by atoms with Crippen LogP contribution in [0.15, 0.2) is 24.7 Å². The van der Waals surface area contributed by atoms with Crippen LogP contribution < -0.4 is 10.1 Å². The highest BCUT2D eigenvalue weighted by Gasteiger charge is 2.12. The number of allylic oxidation sites excluding steroid dienone is 1. The molecule has 6 nitrogen and oxygen atoms in total. The number of nitrogens with zero attached hydrogens (tertiary/aromatic N) is 2. The van der Waals surface area contributed by atoms with Gasteiger partial charge in [0.2, 0.25) is 11.8 Å². The minimum absolute atomic E-state index is 0.0391. The first-order chi connectivity index (χ1) is 9.61. The van der Waals surface area contributed by atoms with Gasteiger partial charge in [-0.1, -0.05) is 6.08 Å². The topological polar surface area (TPSA) is 79.9 Å². The number of carbonyl (C=O) groups is 1. The maximum absolute atomic E-state index is 11.2. The SMILES string of the molecule is CNC(=O)/C=C/Cc1c[nH]c2ncnc(OC(C)C)c12. The summed E-state index contributed by atoms with van der Waals surface area (Å²) in [4.78, 5) is 22.6. The van der Waals surface area contributed by atoms with E-state index < -0.39 is 0 Å². The summed E-state index contributed by atoms with van der Waals surface area (Å²) in [7, 11) is 1.60. The van der Waals surface area contributed by atoms with Gasteiger partial charge in [-0.05, 0) is 31.9 Å². The fraction of sp³-hybridized carbons (Fsp3) is 0.357. The Morgan fingerprint density at radius 1 is 1.50 bits per heavy atom. The molecular formula is C14H18N4O2. The number of aromatic amines is 1. The summed E-state index contributed by atoms with van der Waals surface area (Å²) in [5.74, 6) is 0.439. The van der Waals surface area contributed by atoms with Gasteiger partial charge in [0.15, 0.2) is 0 Å². The zero-order chi connectivity index (χ0) is 14.5. The molecule has 20 heavy (non-hydrogen) atoms. The Balaban J connectivity index is 2.29. The molecule has 1 amide bonds. The lowest BCUT2D eigenvalue weighted by Crippen LogP contribution is -2.14. The molecule has 2 aromatic heterocycles. The highest BCUT2D eigenvalue weighted by molar-refractivity contribution is 5.88. The van der Waals surface area contributed by atoms with E-state index in [0.717, 1.165) is 16.6 Å². The van der Waals surface area contributed by atoms with Crippen molar-refractivity contribution >= 4 is 16.9 Å². The molecule has 2 heterocycles.